The predicted octanol–water partition coefficient (Wildman–Crippen LogP) is 1.71. The molecule has 0 fully saturated rings. The number of sulfonamides is 1. The Balaban J connectivity index is 3.47. The second-order valence-electron chi connectivity index (χ2n) is 2.92. The molecule has 0 spiro atoms. The fourth-order valence-corrected chi connectivity index (χ4v) is 1.98. The maximum Gasteiger partial charge on any atom is 0.238 e. The van der Waals surface area contributed by atoms with Crippen LogP contribution in [0.1, 0.15) is 11.1 Å². The van der Waals surface area contributed by atoms with E-state index in [0.717, 1.165) is 15.6 Å². The molecule has 0 aliphatic carbocycles. The Kier molecular flexibility index (Phi) is 2.79. The first-order valence-corrected chi connectivity index (χ1v) is 5.96. The number of benzene rings is 1. The van der Waals surface area contributed by atoms with Crippen LogP contribution in [0, 0.1) is 13.8 Å². The molecule has 0 heterocycles. The molecular formula is C8H10BrNO2S. The Morgan fingerprint density at radius 1 is 1.23 bits per heavy atom. The molecule has 13 heavy (non-hydrogen) atoms. The molecule has 0 aliphatic heterocycles. The van der Waals surface area contributed by atoms with Crippen molar-refractivity contribution in [3.05, 3.63) is 27.7 Å². The van der Waals surface area contributed by atoms with E-state index in [1.807, 2.05) is 13.8 Å². The number of hydrogen-bond donors (Lipinski definition) is 1. The topological polar surface area (TPSA) is 60.2 Å². The molecule has 1 aromatic carbocycles. The molecule has 0 atom stereocenters. The third kappa shape index (κ3) is 2.30. The summed E-state index contributed by atoms with van der Waals surface area (Å²) < 4.78 is 22.9. The van der Waals surface area contributed by atoms with Gasteiger partial charge in [0.15, 0.2) is 0 Å². The average Bonchev–Trinajstić information content (AvgIpc) is 1.97. The van der Waals surface area contributed by atoms with Crippen LogP contribution in [0.4, 0.5) is 0 Å². The normalized spacial score (nSPS) is 11.7. The van der Waals surface area contributed by atoms with Crippen molar-refractivity contribution in [2.75, 3.05) is 0 Å². The highest BCUT2D eigenvalue weighted by Crippen LogP contribution is 2.23. The van der Waals surface area contributed by atoms with Gasteiger partial charge < -0.3 is 0 Å². The van der Waals surface area contributed by atoms with Gasteiger partial charge in [0.05, 0.1) is 4.90 Å². The molecular weight excluding hydrogens is 254 g/mol. The zero-order valence-electron chi connectivity index (χ0n) is 7.33. The fraction of sp³-hybridized carbons (Fsp3) is 0.250. The van der Waals surface area contributed by atoms with E-state index < -0.39 is 10.0 Å². The standard InChI is InChI=1S/C8H10BrNO2S/c1-5-3-7(13(10,11)12)4-6(2)8(5)9/h3-4H,1-2H3,(H2,10,11,12). The zero-order chi connectivity index (χ0) is 10.2. The van der Waals surface area contributed by atoms with Crippen LogP contribution in [0.3, 0.4) is 0 Å². The van der Waals surface area contributed by atoms with Crippen molar-refractivity contribution in [3.8, 4) is 0 Å². The van der Waals surface area contributed by atoms with Gasteiger partial charge in [0.1, 0.15) is 0 Å². The number of aryl methyl sites for hydroxylation is 2. The highest BCUT2D eigenvalue weighted by Gasteiger charge is 2.10. The summed E-state index contributed by atoms with van der Waals surface area (Å²) in [6.07, 6.45) is 0. The van der Waals surface area contributed by atoms with Crippen molar-refractivity contribution in [2.24, 2.45) is 5.14 Å². The van der Waals surface area contributed by atoms with E-state index in [4.69, 9.17) is 5.14 Å². The van der Waals surface area contributed by atoms with Crippen LogP contribution in [0.2, 0.25) is 0 Å². The number of hydrogen-bond acceptors (Lipinski definition) is 2. The van der Waals surface area contributed by atoms with Crippen LogP contribution in [0.15, 0.2) is 21.5 Å². The number of rotatable bonds is 1. The lowest BCUT2D eigenvalue weighted by atomic mass is 10.2. The van der Waals surface area contributed by atoms with Crippen LogP contribution >= 0.6 is 15.9 Å². The third-order valence-electron chi connectivity index (χ3n) is 1.74. The Labute approximate surface area is 86.1 Å². The van der Waals surface area contributed by atoms with E-state index in [1.54, 1.807) is 12.1 Å². The molecule has 1 aromatic rings. The smallest absolute Gasteiger partial charge is 0.225 e. The van der Waals surface area contributed by atoms with E-state index in [0.29, 0.717) is 0 Å². The van der Waals surface area contributed by atoms with Crippen LogP contribution in [0.5, 0.6) is 0 Å². The average molecular weight is 264 g/mol. The van der Waals surface area contributed by atoms with Crippen molar-refractivity contribution < 1.29 is 8.42 Å². The molecule has 1 rings (SSSR count). The minimum atomic E-state index is -3.59. The van der Waals surface area contributed by atoms with Crippen molar-refractivity contribution >= 4 is 26.0 Å². The van der Waals surface area contributed by atoms with Gasteiger partial charge in [-0.25, -0.2) is 13.6 Å². The van der Waals surface area contributed by atoms with E-state index in [9.17, 15) is 8.42 Å². The van der Waals surface area contributed by atoms with Crippen molar-refractivity contribution in [2.45, 2.75) is 18.7 Å². The summed E-state index contributed by atoms with van der Waals surface area (Å²) >= 11 is 3.34. The molecule has 0 amide bonds. The Morgan fingerprint density at radius 3 is 1.92 bits per heavy atom. The van der Waals surface area contributed by atoms with Crippen molar-refractivity contribution in [1.29, 1.82) is 0 Å². The molecule has 2 N–H and O–H groups in total. The SMILES string of the molecule is Cc1cc(S(N)(=O)=O)cc(C)c1Br. The van der Waals surface area contributed by atoms with Gasteiger partial charge in [-0.3, -0.25) is 0 Å². The van der Waals surface area contributed by atoms with E-state index >= 15 is 0 Å². The first kappa shape index (κ1) is 10.7. The quantitative estimate of drug-likeness (QED) is 0.839. The van der Waals surface area contributed by atoms with E-state index in [1.165, 1.54) is 0 Å². The number of primary sulfonamides is 1. The third-order valence-corrected chi connectivity index (χ3v) is 3.88. The molecule has 0 aromatic heterocycles. The maximum atomic E-state index is 11.0. The van der Waals surface area contributed by atoms with E-state index in [2.05, 4.69) is 15.9 Å². The van der Waals surface area contributed by atoms with Gasteiger partial charge in [-0.2, -0.15) is 0 Å². The van der Waals surface area contributed by atoms with Gasteiger partial charge in [0, 0.05) is 4.47 Å². The zero-order valence-corrected chi connectivity index (χ0v) is 9.74. The minimum Gasteiger partial charge on any atom is -0.225 e. The monoisotopic (exact) mass is 263 g/mol. The maximum absolute atomic E-state index is 11.0. The van der Waals surface area contributed by atoms with Crippen LogP contribution < -0.4 is 5.14 Å². The second-order valence-corrected chi connectivity index (χ2v) is 5.27. The molecule has 0 saturated carbocycles. The summed E-state index contributed by atoms with van der Waals surface area (Å²) in [7, 11) is -3.59. The largest absolute Gasteiger partial charge is 0.238 e. The van der Waals surface area contributed by atoms with Gasteiger partial charge in [-0.15, -0.1) is 0 Å². The lowest BCUT2D eigenvalue weighted by Gasteiger charge is -2.05. The fourth-order valence-electron chi connectivity index (χ4n) is 1.07. The van der Waals surface area contributed by atoms with Gasteiger partial charge in [0.25, 0.3) is 0 Å². The number of halogens is 1. The molecule has 72 valence electrons. The Morgan fingerprint density at radius 2 is 1.62 bits per heavy atom. The second kappa shape index (κ2) is 3.40. The highest BCUT2D eigenvalue weighted by atomic mass is 79.9. The van der Waals surface area contributed by atoms with Crippen molar-refractivity contribution in [1.82, 2.24) is 0 Å². The van der Waals surface area contributed by atoms with Gasteiger partial charge in [-0.05, 0) is 37.1 Å². The lowest BCUT2D eigenvalue weighted by molar-refractivity contribution is 0.597. The first-order valence-electron chi connectivity index (χ1n) is 3.62. The summed E-state index contributed by atoms with van der Waals surface area (Å²) in [5.41, 5.74) is 1.73. The summed E-state index contributed by atoms with van der Waals surface area (Å²) in [6.45, 7) is 3.65. The molecule has 0 unspecified atom stereocenters. The summed E-state index contributed by atoms with van der Waals surface area (Å²) in [4.78, 5) is 0.158. The minimum absolute atomic E-state index is 0.158. The summed E-state index contributed by atoms with van der Waals surface area (Å²) in [5.74, 6) is 0. The van der Waals surface area contributed by atoms with Crippen molar-refractivity contribution in [3.63, 3.8) is 0 Å². The molecule has 3 nitrogen and oxygen atoms in total. The van der Waals surface area contributed by atoms with Gasteiger partial charge in [0.2, 0.25) is 10.0 Å². The van der Waals surface area contributed by atoms with Crippen LogP contribution in [-0.4, -0.2) is 8.42 Å². The molecule has 0 aliphatic rings. The molecule has 0 bridgehead atoms. The summed E-state index contributed by atoms with van der Waals surface area (Å²) in [6, 6.07) is 3.10. The summed E-state index contributed by atoms with van der Waals surface area (Å²) in [5, 5.41) is 5.00. The molecule has 0 radical (unpaired) electrons. The Hall–Kier alpha value is -0.390. The van der Waals surface area contributed by atoms with Gasteiger partial charge >= 0.3 is 0 Å². The first-order chi connectivity index (χ1) is 5.82. The highest BCUT2D eigenvalue weighted by molar-refractivity contribution is 9.10. The van der Waals surface area contributed by atoms with Gasteiger partial charge in [-0.1, -0.05) is 15.9 Å². The van der Waals surface area contributed by atoms with E-state index in [-0.39, 0.29) is 4.90 Å². The lowest BCUT2D eigenvalue weighted by Crippen LogP contribution is -2.12. The Bertz CT molecular complexity index is 416. The van der Waals surface area contributed by atoms with Crippen LogP contribution in [0.25, 0.3) is 0 Å². The molecule has 5 heteroatoms. The predicted molar refractivity (Wildman–Crippen MR) is 55.0 cm³/mol. The van der Waals surface area contributed by atoms with Crippen LogP contribution in [-0.2, 0) is 10.0 Å². The molecule has 0 saturated heterocycles. The number of nitrogens with two attached hydrogens (primary N) is 1.